The molecule has 0 unspecified atom stereocenters. The zero-order valence-electron chi connectivity index (χ0n) is 8.04. The Morgan fingerprint density at radius 1 is 1.31 bits per heavy atom. The molecular formula is C10H19NO2. The lowest BCUT2D eigenvalue weighted by molar-refractivity contribution is -0.0755. The summed E-state index contributed by atoms with van der Waals surface area (Å²) in [5.74, 6) is 0.659. The van der Waals surface area contributed by atoms with Gasteiger partial charge < -0.3 is 15.6 Å². The zero-order valence-corrected chi connectivity index (χ0v) is 8.04. The molecule has 0 radical (unpaired) electrons. The molecule has 1 saturated heterocycles. The normalized spacial score (nSPS) is 41.5. The lowest BCUT2D eigenvalue weighted by atomic mass is 9.70. The van der Waals surface area contributed by atoms with E-state index in [1.54, 1.807) is 0 Å². The van der Waals surface area contributed by atoms with Crippen LogP contribution in [0, 0.1) is 5.92 Å². The summed E-state index contributed by atoms with van der Waals surface area (Å²) in [6.07, 6.45) is 4.74. The molecule has 2 aliphatic rings. The summed E-state index contributed by atoms with van der Waals surface area (Å²) in [5, 5.41) is 10.0. The summed E-state index contributed by atoms with van der Waals surface area (Å²) < 4.78 is 5.28. The van der Waals surface area contributed by atoms with Crippen LogP contribution in [0.1, 0.15) is 32.1 Å². The largest absolute Gasteiger partial charge is 0.390 e. The molecule has 2 fully saturated rings. The van der Waals surface area contributed by atoms with Crippen LogP contribution in [0.25, 0.3) is 0 Å². The number of nitrogens with two attached hydrogens (primary N) is 1. The summed E-state index contributed by atoms with van der Waals surface area (Å²) in [6, 6.07) is 0.241. The second kappa shape index (κ2) is 3.56. The van der Waals surface area contributed by atoms with E-state index in [9.17, 15) is 5.11 Å². The van der Waals surface area contributed by atoms with E-state index in [4.69, 9.17) is 10.5 Å². The van der Waals surface area contributed by atoms with Crippen molar-refractivity contribution in [2.24, 2.45) is 11.7 Å². The molecule has 0 aromatic heterocycles. The van der Waals surface area contributed by atoms with Crippen molar-refractivity contribution in [1.29, 1.82) is 0 Å². The van der Waals surface area contributed by atoms with Gasteiger partial charge in [0.05, 0.1) is 5.60 Å². The molecule has 0 atom stereocenters. The van der Waals surface area contributed by atoms with Gasteiger partial charge in [-0.1, -0.05) is 0 Å². The van der Waals surface area contributed by atoms with Crippen LogP contribution in [0.2, 0.25) is 0 Å². The summed E-state index contributed by atoms with van der Waals surface area (Å²) in [5.41, 5.74) is 5.25. The van der Waals surface area contributed by atoms with E-state index < -0.39 is 5.60 Å². The second-order valence-corrected chi connectivity index (χ2v) is 4.65. The number of aliphatic hydroxyl groups is 1. The Morgan fingerprint density at radius 2 is 1.92 bits per heavy atom. The van der Waals surface area contributed by atoms with E-state index in [1.807, 2.05) is 0 Å². The Balaban J connectivity index is 1.76. The minimum absolute atomic E-state index is 0.241. The number of ether oxygens (including phenoxy) is 1. The van der Waals surface area contributed by atoms with E-state index in [0.717, 1.165) is 45.3 Å². The molecule has 1 saturated carbocycles. The highest BCUT2D eigenvalue weighted by atomic mass is 16.5. The lowest BCUT2D eigenvalue weighted by Gasteiger charge is -2.44. The number of rotatable bonds is 2. The van der Waals surface area contributed by atoms with Crippen molar-refractivity contribution in [3.8, 4) is 0 Å². The first-order valence-electron chi connectivity index (χ1n) is 5.24. The first-order valence-corrected chi connectivity index (χ1v) is 5.24. The maximum atomic E-state index is 10.0. The summed E-state index contributed by atoms with van der Waals surface area (Å²) in [6.45, 7) is 1.74. The minimum Gasteiger partial charge on any atom is -0.390 e. The van der Waals surface area contributed by atoms with E-state index in [2.05, 4.69) is 0 Å². The fourth-order valence-corrected chi connectivity index (χ4v) is 2.57. The molecule has 1 aliphatic heterocycles. The number of hydrogen-bond donors (Lipinski definition) is 2. The quantitative estimate of drug-likeness (QED) is 0.664. The van der Waals surface area contributed by atoms with E-state index in [0.29, 0.717) is 5.92 Å². The van der Waals surface area contributed by atoms with Gasteiger partial charge in [-0.2, -0.15) is 0 Å². The second-order valence-electron chi connectivity index (χ2n) is 4.65. The van der Waals surface area contributed by atoms with E-state index >= 15 is 0 Å². The van der Waals surface area contributed by atoms with Crippen LogP contribution >= 0.6 is 0 Å². The van der Waals surface area contributed by atoms with Crippen LogP contribution < -0.4 is 5.73 Å². The van der Waals surface area contributed by atoms with Crippen molar-refractivity contribution >= 4 is 0 Å². The average Bonchev–Trinajstić information content (AvgIpc) is 2.03. The van der Waals surface area contributed by atoms with Gasteiger partial charge in [0.2, 0.25) is 0 Å². The Kier molecular flexibility index (Phi) is 2.58. The third-order valence-electron chi connectivity index (χ3n) is 3.29. The van der Waals surface area contributed by atoms with Gasteiger partial charge in [-0.3, -0.25) is 0 Å². The van der Waals surface area contributed by atoms with Crippen LogP contribution in [0.4, 0.5) is 0 Å². The van der Waals surface area contributed by atoms with Crippen molar-refractivity contribution in [3.05, 3.63) is 0 Å². The molecule has 3 N–H and O–H groups in total. The van der Waals surface area contributed by atoms with Crippen molar-refractivity contribution in [1.82, 2.24) is 0 Å². The zero-order chi connectivity index (χ0) is 9.31. The van der Waals surface area contributed by atoms with Gasteiger partial charge in [0.15, 0.2) is 0 Å². The Bertz CT molecular complexity index is 172. The molecule has 76 valence electrons. The standard InChI is InChI=1S/C10H19NO2/c11-9-6-10(12,7-9)5-8-1-3-13-4-2-8/h8-9,12H,1-7,11H2. The Labute approximate surface area is 79.3 Å². The first-order chi connectivity index (χ1) is 6.18. The highest BCUT2D eigenvalue weighted by Gasteiger charge is 2.42. The Hall–Kier alpha value is -0.120. The maximum Gasteiger partial charge on any atom is 0.0680 e. The van der Waals surface area contributed by atoms with Crippen molar-refractivity contribution < 1.29 is 9.84 Å². The fraction of sp³-hybridized carbons (Fsp3) is 1.00. The van der Waals surface area contributed by atoms with Gasteiger partial charge in [0.25, 0.3) is 0 Å². The highest BCUT2D eigenvalue weighted by Crippen LogP contribution is 2.38. The molecule has 13 heavy (non-hydrogen) atoms. The minimum atomic E-state index is -0.429. The molecule has 1 aliphatic carbocycles. The smallest absolute Gasteiger partial charge is 0.0680 e. The van der Waals surface area contributed by atoms with Gasteiger partial charge >= 0.3 is 0 Å². The molecule has 0 aromatic carbocycles. The van der Waals surface area contributed by atoms with Gasteiger partial charge in [0, 0.05) is 19.3 Å². The third-order valence-corrected chi connectivity index (χ3v) is 3.29. The molecule has 3 heteroatoms. The molecular weight excluding hydrogens is 166 g/mol. The Morgan fingerprint density at radius 3 is 2.46 bits per heavy atom. The summed E-state index contributed by atoms with van der Waals surface area (Å²) >= 11 is 0. The predicted octanol–water partition coefficient (Wildman–Crippen LogP) is 0.655. The van der Waals surface area contributed by atoms with Gasteiger partial charge in [-0.15, -0.1) is 0 Å². The first kappa shape index (κ1) is 9.44. The fourth-order valence-electron chi connectivity index (χ4n) is 2.57. The molecule has 3 nitrogen and oxygen atoms in total. The average molecular weight is 185 g/mol. The van der Waals surface area contributed by atoms with Crippen LogP contribution in [0.15, 0.2) is 0 Å². The van der Waals surface area contributed by atoms with Crippen LogP contribution in [0.3, 0.4) is 0 Å². The highest BCUT2D eigenvalue weighted by molar-refractivity contribution is 4.97. The summed E-state index contributed by atoms with van der Waals surface area (Å²) in [7, 11) is 0. The van der Waals surface area contributed by atoms with Crippen LogP contribution in [0.5, 0.6) is 0 Å². The van der Waals surface area contributed by atoms with Crippen molar-refractivity contribution in [2.75, 3.05) is 13.2 Å². The van der Waals surface area contributed by atoms with E-state index in [1.165, 1.54) is 0 Å². The van der Waals surface area contributed by atoms with Crippen LogP contribution in [-0.4, -0.2) is 30.0 Å². The molecule has 0 aromatic rings. The SMILES string of the molecule is NC1CC(O)(CC2CCOCC2)C1. The van der Waals surface area contributed by atoms with Crippen LogP contribution in [-0.2, 0) is 4.74 Å². The van der Waals surface area contributed by atoms with E-state index in [-0.39, 0.29) is 6.04 Å². The topological polar surface area (TPSA) is 55.5 Å². The molecule has 1 heterocycles. The van der Waals surface area contributed by atoms with Gasteiger partial charge in [-0.25, -0.2) is 0 Å². The molecule has 0 amide bonds. The molecule has 0 spiro atoms. The van der Waals surface area contributed by atoms with Crippen molar-refractivity contribution in [2.45, 2.75) is 43.7 Å². The lowest BCUT2D eigenvalue weighted by Crippen LogP contribution is -2.52. The van der Waals surface area contributed by atoms with Gasteiger partial charge in [0.1, 0.15) is 0 Å². The monoisotopic (exact) mass is 185 g/mol. The predicted molar refractivity (Wildman–Crippen MR) is 50.3 cm³/mol. The third kappa shape index (κ3) is 2.22. The molecule has 0 bridgehead atoms. The maximum absolute atomic E-state index is 10.0. The number of hydrogen-bond acceptors (Lipinski definition) is 3. The van der Waals surface area contributed by atoms with Gasteiger partial charge in [-0.05, 0) is 38.0 Å². The summed E-state index contributed by atoms with van der Waals surface area (Å²) in [4.78, 5) is 0. The van der Waals surface area contributed by atoms with Crippen molar-refractivity contribution in [3.63, 3.8) is 0 Å². The molecule has 2 rings (SSSR count).